The molecule has 4 aromatic rings. The number of carbonyl (C=O) groups is 2. The number of rotatable bonds is 6. The molecule has 0 radical (unpaired) electrons. The lowest BCUT2D eigenvalue weighted by atomic mass is 10.1. The van der Waals surface area contributed by atoms with Crippen molar-refractivity contribution in [2.24, 2.45) is 0 Å². The second-order valence-corrected chi connectivity index (χ2v) is 7.79. The van der Waals surface area contributed by atoms with Crippen LogP contribution in [0.4, 0.5) is 0 Å². The van der Waals surface area contributed by atoms with Crippen molar-refractivity contribution >= 4 is 34.4 Å². The van der Waals surface area contributed by atoms with E-state index in [4.69, 9.17) is 4.42 Å². The van der Waals surface area contributed by atoms with E-state index in [-0.39, 0.29) is 11.7 Å². The molecule has 0 bridgehead atoms. The molecule has 0 spiro atoms. The normalized spacial score (nSPS) is 10.7. The monoisotopic (exact) mass is 393 g/mol. The number of carbonyl (C=O) groups excluding carboxylic acids is 2. The van der Waals surface area contributed by atoms with E-state index in [1.165, 1.54) is 17.6 Å². The number of benzene rings is 1. The minimum Gasteiger partial charge on any atom is -0.461 e. The molecule has 3 aromatic heterocycles. The molecule has 134 valence electrons. The molecule has 4 nitrogen and oxygen atoms in total. The van der Waals surface area contributed by atoms with Gasteiger partial charge in [-0.15, -0.1) is 11.3 Å². The van der Waals surface area contributed by atoms with Crippen LogP contribution in [0.25, 0.3) is 11.1 Å². The van der Waals surface area contributed by atoms with Crippen LogP contribution in [0.1, 0.15) is 30.7 Å². The summed E-state index contributed by atoms with van der Waals surface area (Å²) in [5.41, 5.74) is 2.85. The smallest absolute Gasteiger partial charge is 0.251 e. The fraction of sp³-hybridized carbons (Fsp3) is 0.0476. The van der Waals surface area contributed by atoms with E-state index in [2.05, 4.69) is 16.8 Å². The molecule has 27 heavy (non-hydrogen) atoms. The number of thiophene rings is 2. The highest BCUT2D eigenvalue weighted by Crippen LogP contribution is 2.23. The van der Waals surface area contributed by atoms with Crippen molar-refractivity contribution in [1.29, 1.82) is 0 Å². The first-order valence-electron chi connectivity index (χ1n) is 8.28. The van der Waals surface area contributed by atoms with Gasteiger partial charge in [0.05, 0.1) is 17.7 Å². The van der Waals surface area contributed by atoms with Crippen molar-refractivity contribution in [1.82, 2.24) is 5.32 Å². The summed E-state index contributed by atoms with van der Waals surface area (Å²) in [6, 6.07) is 16.5. The Kier molecular flexibility index (Phi) is 5.00. The first-order valence-corrected chi connectivity index (χ1v) is 10.0. The minimum atomic E-state index is -0.147. The van der Waals surface area contributed by atoms with E-state index < -0.39 is 0 Å². The van der Waals surface area contributed by atoms with Crippen molar-refractivity contribution in [2.45, 2.75) is 6.54 Å². The molecule has 3 heterocycles. The molecule has 6 heteroatoms. The van der Waals surface area contributed by atoms with Gasteiger partial charge in [0.2, 0.25) is 5.78 Å². The Morgan fingerprint density at radius 3 is 2.52 bits per heavy atom. The lowest BCUT2D eigenvalue weighted by Crippen LogP contribution is -2.22. The first kappa shape index (κ1) is 17.5. The average molecular weight is 393 g/mol. The number of hydrogen-bond acceptors (Lipinski definition) is 5. The minimum absolute atomic E-state index is 0.140. The van der Waals surface area contributed by atoms with Gasteiger partial charge in [0.1, 0.15) is 0 Å². The number of ketones is 1. The van der Waals surface area contributed by atoms with Gasteiger partial charge >= 0.3 is 0 Å². The van der Waals surface area contributed by atoms with Crippen molar-refractivity contribution in [3.05, 3.63) is 92.7 Å². The topological polar surface area (TPSA) is 59.3 Å². The SMILES string of the molecule is O=C(NCc1ccc(C(=O)c2ccco2)s1)c1ccc(-c2ccsc2)cc1. The van der Waals surface area contributed by atoms with E-state index in [0.717, 1.165) is 16.0 Å². The molecule has 0 unspecified atom stereocenters. The predicted molar refractivity (Wildman–Crippen MR) is 107 cm³/mol. The fourth-order valence-electron chi connectivity index (χ4n) is 2.64. The Balaban J connectivity index is 1.37. The third-order valence-corrected chi connectivity index (χ3v) is 5.82. The van der Waals surface area contributed by atoms with Crippen LogP contribution in [-0.2, 0) is 6.54 Å². The maximum Gasteiger partial charge on any atom is 0.251 e. The summed E-state index contributed by atoms with van der Waals surface area (Å²) in [5.74, 6) is 0.0314. The third kappa shape index (κ3) is 3.92. The van der Waals surface area contributed by atoms with Gasteiger partial charge in [0.15, 0.2) is 5.76 Å². The second kappa shape index (κ2) is 7.73. The van der Waals surface area contributed by atoms with Crippen LogP contribution < -0.4 is 5.32 Å². The van der Waals surface area contributed by atoms with Crippen molar-refractivity contribution < 1.29 is 14.0 Å². The number of hydrogen-bond donors (Lipinski definition) is 1. The molecule has 0 aliphatic rings. The van der Waals surface area contributed by atoms with Gasteiger partial charge in [-0.1, -0.05) is 12.1 Å². The van der Waals surface area contributed by atoms with Crippen molar-refractivity contribution in [2.75, 3.05) is 0 Å². The lowest BCUT2D eigenvalue weighted by Gasteiger charge is -2.05. The average Bonchev–Trinajstić information content (AvgIpc) is 3.48. The molecule has 0 saturated carbocycles. The van der Waals surface area contributed by atoms with Crippen LogP contribution in [0, 0.1) is 0 Å². The molecule has 1 N–H and O–H groups in total. The summed E-state index contributed by atoms with van der Waals surface area (Å²) in [6.07, 6.45) is 1.48. The van der Waals surface area contributed by atoms with Gasteiger partial charge in [-0.25, -0.2) is 0 Å². The molecule has 0 aliphatic carbocycles. The van der Waals surface area contributed by atoms with Crippen molar-refractivity contribution in [3.63, 3.8) is 0 Å². The molecule has 1 aromatic carbocycles. The summed E-state index contributed by atoms with van der Waals surface area (Å²) in [7, 11) is 0. The largest absolute Gasteiger partial charge is 0.461 e. The Bertz CT molecular complexity index is 1050. The van der Waals surface area contributed by atoms with Crippen LogP contribution in [0.5, 0.6) is 0 Å². The summed E-state index contributed by atoms with van der Waals surface area (Å²) in [6.45, 7) is 0.376. The van der Waals surface area contributed by atoms with Gasteiger partial charge in [-0.2, -0.15) is 11.3 Å². The van der Waals surface area contributed by atoms with E-state index in [0.29, 0.717) is 22.7 Å². The zero-order valence-corrected chi connectivity index (χ0v) is 15.8. The Morgan fingerprint density at radius 1 is 0.963 bits per heavy atom. The molecule has 0 atom stereocenters. The van der Waals surface area contributed by atoms with Crippen LogP contribution in [0.3, 0.4) is 0 Å². The quantitative estimate of drug-likeness (QED) is 0.456. The number of amides is 1. The Morgan fingerprint density at radius 2 is 1.81 bits per heavy atom. The van der Waals surface area contributed by atoms with Gasteiger partial charge in [-0.05, 0) is 64.4 Å². The van der Waals surface area contributed by atoms with Crippen LogP contribution >= 0.6 is 22.7 Å². The predicted octanol–water partition coefficient (Wildman–Crippen LogP) is 5.23. The molecule has 0 saturated heterocycles. The van der Waals surface area contributed by atoms with E-state index >= 15 is 0 Å². The number of furan rings is 1. The van der Waals surface area contributed by atoms with Crippen LogP contribution in [0.2, 0.25) is 0 Å². The summed E-state index contributed by atoms with van der Waals surface area (Å²) >= 11 is 3.00. The van der Waals surface area contributed by atoms with Gasteiger partial charge in [0.25, 0.3) is 5.91 Å². The van der Waals surface area contributed by atoms with Gasteiger partial charge in [0, 0.05) is 10.4 Å². The maximum absolute atomic E-state index is 12.4. The van der Waals surface area contributed by atoms with E-state index in [9.17, 15) is 9.59 Å². The maximum atomic E-state index is 12.4. The fourth-order valence-corrected chi connectivity index (χ4v) is 4.19. The first-order chi connectivity index (χ1) is 13.2. The van der Waals surface area contributed by atoms with Gasteiger partial charge in [-0.3, -0.25) is 9.59 Å². The van der Waals surface area contributed by atoms with Crippen molar-refractivity contribution in [3.8, 4) is 11.1 Å². The van der Waals surface area contributed by atoms with Crippen LogP contribution in [-0.4, -0.2) is 11.7 Å². The number of nitrogens with one attached hydrogen (secondary N) is 1. The zero-order chi connectivity index (χ0) is 18.6. The molecule has 0 fully saturated rings. The Labute approximate surface area is 164 Å². The molecule has 1 amide bonds. The summed E-state index contributed by atoms with van der Waals surface area (Å²) < 4.78 is 5.14. The summed E-state index contributed by atoms with van der Waals surface area (Å²) in [5, 5.41) is 7.00. The molecular formula is C21H15NO3S2. The molecule has 4 rings (SSSR count). The van der Waals surface area contributed by atoms with Gasteiger partial charge < -0.3 is 9.73 Å². The second-order valence-electron chi connectivity index (χ2n) is 5.84. The zero-order valence-electron chi connectivity index (χ0n) is 14.2. The molecular weight excluding hydrogens is 378 g/mol. The van der Waals surface area contributed by atoms with E-state index in [1.54, 1.807) is 29.5 Å². The Hall–Kier alpha value is -2.96. The highest BCUT2D eigenvalue weighted by molar-refractivity contribution is 7.14. The third-order valence-electron chi connectivity index (χ3n) is 4.06. The highest BCUT2D eigenvalue weighted by atomic mass is 32.1. The standard InChI is InChI=1S/C21H15NO3S2/c23-20(18-2-1-10-25-18)19-8-7-17(27-19)12-22-21(24)15-5-3-14(4-6-15)16-9-11-26-13-16/h1-11,13H,12H2,(H,22,24). The summed E-state index contributed by atoms with van der Waals surface area (Å²) in [4.78, 5) is 26.1. The van der Waals surface area contributed by atoms with Crippen LogP contribution in [0.15, 0.2) is 76.0 Å². The lowest BCUT2D eigenvalue weighted by molar-refractivity contribution is 0.0950. The highest BCUT2D eigenvalue weighted by Gasteiger charge is 2.15. The van der Waals surface area contributed by atoms with E-state index in [1.807, 2.05) is 35.7 Å². The molecule has 0 aliphatic heterocycles.